The molecule has 0 atom stereocenters. The molecule has 0 aromatic heterocycles. The van der Waals surface area contributed by atoms with Gasteiger partial charge in [-0.2, -0.15) is 0 Å². The number of nitrogens with one attached hydrogen (secondary N) is 1. The zero-order chi connectivity index (χ0) is 19.6. The molecule has 5 nitrogen and oxygen atoms in total. The molecule has 2 amide bonds. The summed E-state index contributed by atoms with van der Waals surface area (Å²) in [6.07, 6.45) is 1.50. The monoisotopic (exact) mass is 464 g/mol. The normalized spacial score (nSPS) is 15.9. The highest BCUT2D eigenvalue weighted by molar-refractivity contribution is 9.10. The van der Waals surface area contributed by atoms with Crippen LogP contribution in [0.3, 0.4) is 0 Å². The molecule has 3 rings (SSSR count). The quantitative estimate of drug-likeness (QED) is 0.415. The van der Waals surface area contributed by atoms with Gasteiger partial charge in [-0.1, -0.05) is 27.5 Å². The predicted molar refractivity (Wildman–Crippen MR) is 113 cm³/mol. The first kappa shape index (κ1) is 19.5. The van der Waals surface area contributed by atoms with E-state index in [2.05, 4.69) is 21.2 Å². The van der Waals surface area contributed by atoms with Crippen molar-refractivity contribution < 1.29 is 14.3 Å². The molecule has 0 unspecified atom stereocenters. The van der Waals surface area contributed by atoms with Gasteiger partial charge in [0.25, 0.3) is 11.8 Å². The first-order valence-corrected chi connectivity index (χ1v) is 9.58. The van der Waals surface area contributed by atoms with E-state index in [-0.39, 0.29) is 10.7 Å². The smallest absolute Gasteiger partial charge is 0.270 e. The topological polar surface area (TPSA) is 58.6 Å². The minimum absolute atomic E-state index is 0.0174. The second-order valence-corrected chi connectivity index (χ2v) is 7.29. The van der Waals surface area contributed by atoms with Gasteiger partial charge in [0.05, 0.1) is 12.3 Å². The molecule has 0 bridgehead atoms. The van der Waals surface area contributed by atoms with Crippen LogP contribution in [0.5, 0.6) is 5.75 Å². The molecular formula is C19H14BrClN2O3S. The van der Waals surface area contributed by atoms with E-state index in [0.29, 0.717) is 28.6 Å². The van der Waals surface area contributed by atoms with Crippen molar-refractivity contribution in [2.24, 2.45) is 0 Å². The molecule has 138 valence electrons. The van der Waals surface area contributed by atoms with Crippen LogP contribution in [0.2, 0.25) is 5.02 Å². The number of hydrogen-bond donors (Lipinski definition) is 1. The van der Waals surface area contributed by atoms with Crippen LogP contribution in [0, 0.1) is 0 Å². The number of halogens is 2. The molecule has 0 spiro atoms. The van der Waals surface area contributed by atoms with Gasteiger partial charge in [0.2, 0.25) is 0 Å². The molecule has 1 saturated heterocycles. The number of benzene rings is 2. The lowest BCUT2D eigenvalue weighted by Gasteiger charge is -2.29. The fraction of sp³-hybridized carbons (Fsp3) is 0.105. The van der Waals surface area contributed by atoms with Gasteiger partial charge < -0.3 is 4.74 Å². The third kappa shape index (κ3) is 4.21. The lowest BCUT2D eigenvalue weighted by Crippen LogP contribution is -2.54. The summed E-state index contributed by atoms with van der Waals surface area (Å²) in [7, 11) is 0. The van der Waals surface area contributed by atoms with Crippen LogP contribution in [0.15, 0.2) is 52.5 Å². The first-order chi connectivity index (χ1) is 12.9. The molecule has 8 heteroatoms. The molecule has 1 aliphatic rings. The Labute approximate surface area is 175 Å². The highest BCUT2D eigenvalue weighted by Crippen LogP contribution is 2.28. The van der Waals surface area contributed by atoms with Crippen LogP contribution in [-0.2, 0) is 9.59 Å². The molecule has 2 aromatic rings. The van der Waals surface area contributed by atoms with Crippen LogP contribution in [0.25, 0.3) is 6.08 Å². The molecule has 0 radical (unpaired) electrons. The average Bonchev–Trinajstić information content (AvgIpc) is 2.62. The summed E-state index contributed by atoms with van der Waals surface area (Å²) in [6.45, 7) is 2.32. The van der Waals surface area contributed by atoms with Gasteiger partial charge in [-0.15, -0.1) is 0 Å². The van der Waals surface area contributed by atoms with Gasteiger partial charge in [-0.3, -0.25) is 19.8 Å². The SMILES string of the molecule is CCOc1ccc(Br)cc1C=C1C(=O)NC(=S)N(c2ccc(Cl)cc2)C1=O. The third-order valence-electron chi connectivity index (χ3n) is 3.76. The number of rotatable bonds is 4. The van der Waals surface area contributed by atoms with Crippen molar-refractivity contribution in [2.45, 2.75) is 6.92 Å². The van der Waals surface area contributed by atoms with Crippen molar-refractivity contribution in [3.05, 3.63) is 63.1 Å². The summed E-state index contributed by atoms with van der Waals surface area (Å²) in [5, 5.41) is 3.10. The van der Waals surface area contributed by atoms with Crippen molar-refractivity contribution in [3.63, 3.8) is 0 Å². The second-order valence-electron chi connectivity index (χ2n) is 5.55. The Morgan fingerprint density at radius 2 is 1.93 bits per heavy atom. The van der Waals surface area contributed by atoms with Crippen molar-refractivity contribution in [1.82, 2.24) is 5.32 Å². The highest BCUT2D eigenvalue weighted by atomic mass is 79.9. The number of ether oxygens (including phenoxy) is 1. The van der Waals surface area contributed by atoms with E-state index < -0.39 is 11.8 Å². The summed E-state index contributed by atoms with van der Waals surface area (Å²) in [5.74, 6) is -0.508. The predicted octanol–water partition coefficient (Wildman–Crippen LogP) is 4.33. The van der Waals surface area contributed by atoms with Crippen LogP contribution in [0.4, 0.5) is 5.69 Å². The third-order valence-corrected chi connectivity index (χ3v) is 4.79. The van der Waals surface area contributed by atoms with Gasteiger partial charge in [0.1, 0.15) is 11.3 Å². The van der Waals surface area contributed by atoms with Gasteiger partial charge >= 0.3 is 0 Å². The van der Waals surface area contributed by atoms with Crippen molar-refractivity contribution in [1.29, 1.82) is 0 Å². The van der Waals surface area contributed by atoms with Crippen molar-refractivity contribution >= 4 is 68.4 Å². The largest absolute Gasteiger partial charge is 0.493 e. The Hall–Kier alpha value is -2.22. The number of hydrogen-bond acceptors (Lipinski definition) is 4. The van der Waals surface area contributed by atoms with Crippen LogP contribution >= 0.6 is 39.7 Å². The summed E-state index contributed by atoms with van der Waals surface area (Å²) in [5.41, 5.74) is 1.07. The summed E-state index contributed by atoms with van der Waals surface area (Å²) in [4.78, 5) is 26.7. The standard InChI is InChI=1S/C19H14BrClN2O3S/c1-2-26-16-8-3-12(20)9-11(16)10-15-17(24)22-19(27)23(18(15)25)14-6-4-13(21)5-7-14/h3-10H,2H2,1H3,(H,22,24,27). The minimum Gasteiger partial charge on any atom is -0.493 e. The summed E-state index contributed by atoms with van der Waals surface area (Å²) in [6, 6.07) is 12.0. The average molecular weight is 466 g/mol. The number of amides is 2. The molecule has 27 heavy (non-hydrogen) atoms. The molecule has 1 aliphatic heterocycles. The van der Waals surface area contributed by atoms with Crippen molar-refractivity contribution in [3.8, 4) is 5.75 Å². The fourth-order valence-corrected chi connectivity index (χ4v) is 3.34. The van der Waals surface area contributed by atoms with E-state index in [1.54, 1.807) is 36.4 Å². The van der Waals surface area contributed by atoms with Gasteiger partial charge in [0, 0.05) is 15.1 Å². The first-order valence-electron chi connectivity index (χ1n) is 8.00. The zero-order valence-corrected chi connectivity index (χ0v) is 17.3. The van der Waals surface area contributed by atoms with E-state index >= 15 is 0 Å². The minimum atomic E-state index is -0.558. The van der Waals surface area contributed by atoms with Gasteiger partial charge in [0.15, 0.2) is 5.11 Å². The molecule has 1 fully saturated rings. The molecule has 0 aliphatic carbocycles. The van der Waals surface area contributed by atoms with Crippen LogP contribution in [-0.4, -0.2) is 23.5 Å². The molecule has 2 aromatic carbocycles. The number of anilines is 1. The van der Waals surface area contributed by atoms with E-state index in [9.17, 15) is 9.59 Å². The molecule has 1 heterocycles. The maximum absolute atomic E-state index is 13.0. The Morgan fingerprint density at radius 3 is 2.59 bits per heavy atom. The van der Waals surface area contributed by atoms with Gasteiger partial charge in [-0.25, -0.2) is 0 Å². The Kier molecular flexibility index (Phi) is 5.94. The maximum atomic E-state index is 13.0. The number of carbonyl (C=O) groups excluding carboxylic acids is 2. The summed E-state index contributed by atoms with van der Waals surface area (Å²) < 4.78 is 6.39. The number of nitrogens with zero attached hydrogens (tertiary/aromatic N) is 1. The van der Waals surface area contributed by atoms with E-state index in [1.165, 1.54) is 11.0 Å². The Morgan fingerprint density at radius 1 is 1.22 bits per heavy atom. The molecule has 0 saturated carbocycles. The van der Waals surface area contributed by atoms with E-state index in [4.69, 9.17) is 28.6 Å². The van der Waals surface area contributed by atoms with Crippen LogP contribution < -0.4 is 15.0 Å². The van der Waals surface area contributed by atoms with Gasteiger partial charge in [-0.05, 0) is 67.7 Å². The number of carbonyl (C=O) groups is 2. The molecule has 1 N–H and O–H groups in total. The Balaban J connectivity index is 2.04. The molecular weight excluding hydrogens is 452 g/mol. The Bertz CT molecular complexity index is 960. The zero-order valence-electron chi connectivity index (χ0n) is 14.2. The van der Waals surface area contributed by atoms with Crippen molar-refractivity contribution in [2.75, 3.05) is 11.5 Å². The highest BCUT2D eigenvalue weighted by Gasteiger charge is 2.34. The summed E-state index contributed by atoms with van der Waals surface area (Å²) >= 11 is 14.5. The number of thiocarbonyl (C=S) groups is 1. The fourth-order valence-electron chi connectivity index (χ4n) is 2.56. The lowest BCUT2D eigenvalue weighted by atomic mass is 10.1. The van der Waals surface area contributed by atoms with E-state index in [0.717, 1.165) is 4.47 Å². The lowest BCUT2D eigenvalue weighted by molar-refractivity contribution is -0.122. The van der Waals surface area contributed by atoms with Crippen LogP contribution in [0.1, 0.15) is 12.5 Å². The van der Waals surface area contributed by atoms with E-state index in [1.807, 2.05) is 13.0 Å². The maximum Gasteiger partial charge on any atom is 0.270 e. The second kappa shape index (κ2) is 8.21.